The van der Waals surface area contributed by atoms with Gasteiger partial charge in [0.1, 0.15) is 11.5 Å². The summed E-state index contributed by atoms with van der Waals surface area (Å²) >= 11 is 3.34. The maximum absolute atomic E-state index is 11.8. The summed E-state index contributed by atoms with van der Waals surface area (Å²) in [6.07, 6.45) is 2.83. The molecule has 0 aliphatic rings. The Labute approximate surface area is 124 Å². The van der Waals surface area contributed by atoms with Gasteiger partial charge >= 0.3 is 0 Å². The van der Waals surface area contributed by atoms with Gasteiger partial charge in [0.05, 0.1) is 18.0 Å². The van der Waals surface area contributed by atoms with Crippen LogP contribution in [-0.2, 0) is 0 Å². The summed E-state index contributed by atoms with van der Waals surface area (Å²) in [6, 6.07) is 5.07. The second kappa shape index (κ2) is 5.92. The Balaban J connectivity index is 2.11. The molecule has 2 aromatic rings. The van der Waals surface area contributed by atoms with Crippen molar-refractivity contribution in [1.82, 2.24) is 5.43 Å². The molecule has 0 unspecified atom stereocenters. The lowest BCUT2D eigenvalue weighted by Crippen LogP contribution is -2.17. The van der Waals surface area contributed by atoms with Crippen LogP contribution in [0.3, 0.4) is 0 Å². The van der Waals surface area contributed by atoms with E-state index in [4.69, 9.17) is 4.42 Å². The Hall–Kier alpha value is -2.08. The summed E-state index contributed by atoms with van der Waals surface area (Å²) in [6.45, 7) is 3.48. The maximum Gasteiger partial charge on any atom is 0.274 e. The van der Waals surface area contributed by atoms with E-state index in [1.165, 1.54) is 12.5 Å². The van der Waals surface area contributed by atoms with E-state index in [1.807, 2.05) is 0 Å². The molecule has 5 nitrogen and oxygen atoms in total. The van der Waals surface area contributed by atoms with Gasteiger partial charge < -0.3 is 9.52 Å². The number of hydrazone groups is 1. The highest BCUT2D eigenvalue weighted by Gasteiger charge is 2.10. The molecular formula is C14H13BrN2O3. The van der Waals surface area contributed by atoms with Gasteiger partial charge in [-0.3, -0.25) is 4.79 Å². The molecule has 1 amide bonds. The number of halogens is 1. The van der Waals surface area contributed by atoms with E-state index in [-0.39, 0.29) is 11.7 Å². The minimum atomic E-state index is -0.362. The molecule has 0 saturated heterocycles. The Kier molecular flexibility index (Phi) is 4.24. The van der Waals surface area contributed by atoms with Crippen LogP contribution in [0.5, 0.6) is 5.75 Å². The minimum absolute atomic E-state index is 0.130. The van der Waals surface area contributed by atoms with Crippen LogP contribution in [-0.4, -0.2) is 17.2 Å². The van der Waals surface area contributed by atoms with Crippen LogP contribution >= 0.6 is 15.9 Å². The van der Waals surface area contributed by atoms with E-state index >= 15 is 0 Å². The smallest absolute Gasteiger partial charge is 0.274 e. The highest BCUT2D eigenvalue weighted by Crippen LogP contribution is 2.25. The lowest BCUT2D eigenvalue weighted by atomic mass is 10.1. The van der Waals surface area contributed by atoms with Crippen LogP contribution < -0.4 is 5.43 Å². The van der Waals surface area contributed by atoms with E-state index in [9.17, 15) is 9.90 Å². The minimum Gasteiger partial charge on any atom is -0.507 e. The molecule has 0 atom stereocenters. The Bertz CT molecular complexity index is 677. The SMILES string of the molecule is Cc1cc(Br)cc(C=NNC(=O)c2ccoc2C)c1O. The number of aromatic hydroxyl groups is 1. The van der Waals surface area contributed by atoms with Gasteiger partial charge in [-0.15, -0.1) is 0 Å². The number of furan rings is 1. The normalized spacial score (nSPS) is 10.9. The summed E-state index contributed by atoms with van der Waals surface area (Å²) in [5, 5.41) is 13.7. The van der Waals surface area contributed by atoms with E-state index in [0.29, 0.717) is 16.9 Å². The quantitative estimate of drug-likeness (QED) is 0.667. The average molecular weight is 337 g/mol. The number of carbonyl (C=O) groups is 1. The number of nitrogens with zero attached hydrogens (tertiary/aromatic N) is 1. The van der Waals surface area contributed by atoms with Crippen molar-refractivity contribution in [1.29, 1.82) is 0 Å². The zero-order chi connectivity index (χ0) is 14.7. The Morgan fingerprint density at radius 1 is 1.45 bits per heavy atom. The Morgan fingerprint density at radius 3 is 2.85 bits per heavy atom. The highest BCUT2D eigenvalue weighted by atomic mass is 79.9. The molecule has 1 aromatic heterocycles. The summed E-state index contributed by atoms with van der Waals surface area (Å²) in [7, 11) is 0. The lowest BCUT2D eigenvalue weighted by molar-refractivity contribution is 0.0953. The topological polar surface area (TPSA) is 74.8 Å². The molecule has 0 aliphatic carbocycles. The predicted octanol–water partition coefficient (Wildman–Crippen LogP) is 3.13. The maximum atomic E-state index is 11.8. The fourth-order valence-electron chi connectivity index (χ4n) is 1.70. The molecule has 1 heterocycles. The van der Waals surface area contributed by atoms with Crippen molar-refractivity contribution in [3.63, 3.8) is 0 Å². The van der Waals surface area contributed by atoms with Crippen molar-refractivity contribution in [3.8, 4) is 5.75 Å². The number of hydrogen-bond acceptors (Lipinski definition) is 4. The highest BCUT2D eigenvalue weighted by molar-refractivity contribution is 9.10. The molecule has 0 saturated carbocycles. The number of carbonyl (C=O) groups excluding carboxylic acids is 1. The van der Waals surface area contributed by atoms with Gasteiger partial charge in [0, 0.05) is 10.0 Å². The fraction of sp³-hybridized carbons (Fsp3) is 0.143. The van der Waals surface area contributed by atoms with Crippen molar-refractivity contribution in [2.24, 2.45) is 5.10 Å². The molecule has 0 radical (unpaired) electrons. The monoisotopic (exact) mass is 336 g/mol. The first-order chi connectivity index (χ1) is 9.49. The molecule has 0 aliphatic heterocycles. The van der Waals surface area contributed by atoms with E-state index in [1.54, 1.807) is 32.0 Å². The van der Waals surface area contributed by atoms with Gasteiger partial charge in [-0.2, -0.15) is 5.10 Å². The number of phenols is 1. The van der Waals surface area contributed by atoms with E-state index < -0.39 is 0 Å². The van der Waals surface area contributed by atoms with E-state index in [2.05, 4.69) is 26.5 Å². The van der Waals surface area contributed by atoms with Gasteiger partial charge in [-0.1, -0.05) is 15.9 Å². The first-order valence-corrected chi connectivity index (χ1v) is 6.65. The van der Waals surface area contributed by atoms with E-state index in [0.717, 1.165) is 10.0 Å². The summed E-state index contributed by atoms with van der Waals surface area (Å²) in [5.74, 6) is 0.295. The van der Waals surface area contributed by atoms with Crippen molar-refractivity contribution in [2.75, 3.05) is 0 Å². The van der Waals surface area contributed by atoms with Gasteiger partial charge in [0.25, 0.3) is 5.91 Å². The van der Waals surface area contributed by atoms with Crippen molar-refractivity contribution in [3.05, 3.63) is 51.4 Å². The first kappa shape index (κ1) is 14.3. The van der Waals surface area contributed by atoms with Crippen molar-refractivity contribution >= 4 is 28.1 Å². The fourth-order valence-corrected chi connectivity index (χ4v) is 2.29. The zero-order valence-electron chi connectivity index (χ0n) is 11.0. The summed E-state index contributed by atoms with van der Waals surface area (Å²) < 4.78 is 5.87. The Morgan fingerprint density at radius 2 is 2.20 bits per heavy atom. The largest absolute Gasteiger partial charge is 0.507 e. The van der Waals surface area contributed by atoms with Crippen LogP contribution in [0, 0.1) is 13.8 Å². The average Bonchev–Trinajstić information content (AvgIpc) is 2.81. The van der Waals surface area contributed by atoms with Crippen molar-refractivity contribution in [2.45, 2.75) is 13.8 Å². The number of hydrogen-bond donors (Lipinski definition) is 2. The molecular weight excluding hydrogens is 324 g/mol. The molecule has 2 N–H and O–H groups in total. The number of benzene rings is 1. The molecule has 0 spiro atoms. The van der Waals surface area contributed by atoms with Crippen LogP contribution in [0.15, 0.2) is 38.5 Å². The number of amides is 1. The molecule has 20 heavy (non-hydrogen) atoms. The van der Waals surface area contributed by atoms with Gasteiger partial charge in [0.15, 0.2) is 0 Å². The molecule has 0 fully saturated rings. The zero-order valence-corrected chi connectivity index (χ0v) is 12.6. The van der Waals surface area contributed by atoms with Crippen LogP contribution in [0.4, 0.5) is 0 Å². The number of rotatable bonds is 3. The van der Waals surface area contributed by atoms with Crippen LogP contribution in [0.25, 0.3) is 0 Å². The second-order valence-corrected chi connectivity index (χ2v) is 5.17. The number of aryl methyl sites for hydroxylation is 2. The van der Waals surface area contributed by atoms with Gasteiger partial charge in [-0.25, -0.2) is 5.43 Å². The first-order valence-electron chi connectivity index (χ1n) is 5.85. The third-order valence-electron chi connectivity index (χ3n) is 2.77. The molecule has 1 aromatic carbocycles. The molecule has 0 bridgehead atoms. The van der Waals surface area contributed by atoms with Crippen molar-refractivity contribution < 1.29 is 14.3 Å². The third kappa shape index (κ3) is 3.08. The lowest BCUT2D eigenvalue weighted by Gasteiger charge is -2.04. The number of phenolic OH excluding ortho intramolecular Hbond substituents is 1. The van der Waals surface area contributed by atoms with Crippen LogP contribution in [0.2, 0.25) is 0 Å². The van der Waals surface area contributed by atoms with Gasteiger partial charge in [0.2, 0.25) is 0 Å². The molecule has 104 valence electrons. The predicted molar refractivity (Wildman–Crippen MR) is 79.0 cm³/mol. The number of nitrogens with one attached hydrogen (secondary N) is 1. The third-order valence-corrected chi connectivity index (χ3v) is 3.23. The standard InChI is InChI=1S/C14H13BrN2O3/c1-8-5-11(15)6-10(13(8)18)7-16-17-14(19)12-3-4-20-9(12)2/h3-7,18H,1-2H3,(H,17,19). The second-order valence-electron chi connectivity index (χ2n) is 4.25. The van der Waals surface area contributed by atoms with Crippen LogP contribution in [0.1, 0.15) is 27.2 Å². The van der Waals surface area contributed by atoms with Gasteiger partial charge in [-0.05, 0) is 37.6 Å². The molecule has 2 rings (SSSR count). The summed E-state index contributed by atoms with van der Waals surface area (Å²) in [4.78, 5) is 11.8. The molecule has 6 heteroatoms. The summed E-state index contributed by atoms with van der Waals surface area (Å²) in [5.41, 5.74) is 4.05.